The van der Waals surface area contributed by atoms with E-state index in [2.05, 4.69) is 4.74 Å². The van der Waals surface area contributed by atoms with Gasteiger partial charge in [0, 0.05) is 6.92 Å². The zero-order valence-corrected chi connectivity index (χ0v) is 10.8. The second kappa shape index (κ2) is 5.52. The Balaban J connectivity index is 2.22. The molecule has 4 heteroatoms. The Hall–Kier alpha value is -2.36. The zero-order chi connectivity index (χ0) is 13.8. The Morgan fingerprint density at radius 2 is 1.74 bits per heavy atom. The summed E-state index contributed by atoms with van der Waals surface area (Å²) in [6.45, 7) is 1.21. The average Bonchev–Trinajstić information content (AvgIpc) is 2.37. The van der Waals surface area contributed by atoms with E-state index >= 15 is 0 Å². The molecule has 0 spiro atoms. The normalized spacial score (nSPS) is 10.2. The monoisotopic (exact) mass is 258 g/mol. The van der Waals surface area contributed by atoms with Gasteiger partial charge in [-0.3, -0.25) is 9.59 Å². The summed E-state index contributed by atoms with van der Waals surface area (Å²) in [7, 11) is 1.62. The molecule has 2 aromatic rings. The fraction of sp³-hybridized carbons (Fsp3) is 0.200. The molecular formula is C15H14O4. The molecule has 0 amide bonds. The molecule has 0 radical (unpaired) electrons. The largest absolute Gasteiger partial charge is 0.497 e. The summed E-state index contributed by atoms with van der Waals surface area (Å²) in [4.78, 5) is 22.1. The maximum Gasteiger partial charge on any atom is 0.317 e. The Bertz CT molecular complexity index is 631. The van der Waals surface area contributed by atoms with Gasteiger partial charge in [-0.1, -0.05) is 24.3 Å². The quantitative estimate of drug-likeness (QED) is 0.627. The predicted molar refractivity (Wildman–Crippen MR) is 71.0 cm³/mol. The highest BCUT2D eigenvalue weighted by Gasteiger charge is 2.08. The molecule has 0 aliphatic rings. The molecule has 0 N–H and O–H groups in total. The molecule has 0 bridgehead atoms. The molecule has 98 valence electrons. The number of carbonyl (C=O) groups excluding carboxylic acids is 2. The molecule has 0 aliphatic carbocycles. The summed E-state index contributed by atoms with van der Waals surface area (Å²) in [5.74, 6) is -0.341. The standard InChI is InChI=1S/C15H14O4/c1-10(16)19-15(17)8-11-3-4-13-9-14(18-2)6-5-12(13)7-11/h3-7,9H,8H2,1-2H3. The highest BCUT2D eigenvalue weighted by Crippen LogP contribution is 2.22. The first-order valence-electron chi connectivity index (χ1n) is 5.86. The lowest BCUT2D eigenvalue weighted by Gasteiger charge is -2.05. The Labute approximate surface area is 110 Å². The Morgan fingerprint density at radius 3 is 2.42 bits per heavy atom. The number of carbonyl (C=O) groups is 2. The van der Waals surface area contributed by atoms with Crippen LogP contribution in [-0.2, 0) is 20.7 Å². The van der Waals surface area contributed by atoms with Gasteiger partial charge in [-0.2, -0.15) is 0 Å². The van der Waals surface area contributed by atoms with E-state index in [-0.39, 0.29) is 6.42 Å². The predicted octanol–water partition coefficient (Wildman–Crippen LogP) is 2.48. The molecule has 2 aromatic carbocycles. The summed E-state index contributed by atoms with van der Waals surface area (Å²) < 4.78 is 9.65. The lowest BCUT2D eigenvalue weighted by atomic mass is 10.0. The number of hydrogen-bond donors (Lipinski definition) is 0. The van der Waals surface area contributed by atoms with Gasteiger partial charge < -0.3 is 9.47 Å². The van der Waals surface area contributed by atoms with E-state index in [9.17, 15) is 9.59 Å². The van der Waals surface area contributed by atoms with Crippen LogP contribution in [-0.4, -0.2) is 19.0 Å². The molecule has 0 fully saturated rings. The third-order valence-electron chi connectivity index (χ3n) is 2.72. The van der Waals surface area contributed by atoms with Crippen molar-refractivity contribution in [3.05, 3.63) is 42.0 Å². The van der Waals surface area contributed by atoms with E-state index in [1.54, 1.807) is 7.11 Å². The van der Waals surface area contributed by atoms with Crippen LogP contribution < -0.4 is 4.74 Å². The van der Waals surface area contributed by atoms with E-state index in [1.807, 2.05) is 36.4 Å². The smallest absolute Gasteiger partial charge is 0.317 e. The van der Waals surface area contributed by atoms with Crippen molar-refractivity contribution in [3.8, 4) is 5.75 Å². The van der Waals surface area contributed by atoms with Crippen molar-refractivity contribution >= 4 is 22.7 Å². The van der Waals surface area contributed by atoms with Gasteiger partial charge in [0.15, 0.2) is 0 Å². The van der Waals surface area contributed by atoms with Gasteiger partial charge in [-0.25, -0.2) is 0 Å². The van der Waals surface area contributed by atoms with Crippen LogP contribution in [0.1, 0.15) is 12.5 Å². The SMILES string of the molecule is COc1ccc2cc(CC(=O)OC(C)=O)ccc2c1. The number of methoxy groups -OCH3 is 1. The highest BCUT2D eigenvalue weighted by atomic mass is 16.6. The van der Waals surface area contributed by atoms with Crippen LogP contribution in [0.15, 0.2) is 36.4 Å². The lowest BCUT2D eigenvalue weighted by Crippen LogP contribution is -2.11. The molecule has 2 rings (SSSR count). The first kappa shape index (κ1) is 13.1. The molecule has 0 aliphatic heterocycles. The van der Waals surface area contributed by atoms with Crippen LogP contribution in [0.4, 0.5) is 0 Å². The number of ether oxygens (including phenoxy) is 2. The minimum Gasteiger partial charge on any atom is -0.497 e. The average molecular weight is 258 g/mol. The number of esters is 2. The highest BCUT2D eigenvalue weighted by molar-refractivity contribution is 5.88. The van der Waals surface area contributed by atoms with Gasteiger partial charge in [0.25, 0.3) is 0 Å². The molecule has 0 saturated heterocycles. The van der Waals surface area contributed by atoms with Crippen LogP contribution in [0.25, 0.3) is 10.8 Å². The van der Waals surface area contributed by atoms with Gasteiger partial charge in [0.05, 0.1) is 13.5 Å². The van der Waals surface area contributed by atoms with Crippen molar-refractivity contribution in [2.24, 2.45) is 0 Å². The summed E-state index contributed by atoms with van der Waals surface area (Å²) in [6.07, 6.45) is 0.0849. The van der Waals surface area contributed by atoms with Gasteiger partial charge in [-0.15, -0.1) is 0 Å². The maximum absolute atomic E-state index is 11.4. The fourth-order valence-electron chi connectivity index (χ4n) is 1.87. The van der Waals surface area contributed by atoms with E-state index in [4.69, 9.17) is 4.74 Å². The second-order valence-electron chi connectivity index (χ2n) is 4.19. The zero-order valence-electron chi connectivity index (χ0n) is 10.8. The van der Waals surface area contributed by atoms with Crippen molar-refractivity contribution < 1.29 is 19.1 Å². The first-order chi connectivity index (χ1) is 9.08. The third-order valence-corrected chi connectivity index (χ3v) is 2.72. The minimum absolute atomic E-state index is 0.0849. The van der Waals surface area contributed by atoms with E-state index in [0.717, 1.165) is 22.1 Å². The first-order valence-corrected chi connectivity index (χ1v) is 5.86. The Morgan fingerprint density at radius 1 is 1.05 bits per heavy atom. The fourth-order valence-corrected chi connectivity index (χ4v) is 1.87. The van der Waals surface area contributed by atoms with E-state index in [1.165, 1.54) is 6.92 Å². The topological polar surface area (TPSA) is 52.6 Å². The van der Waals surface area contributed by atoms with Crippen molar-refractivity contribution in [1.29, 1.82) is 0 Å². The van der Waals surface area contributed by atoms with Gasteiger partial charge in [-0.05, 0) is 28.5 Å². The summed E-state index contributed by atoms with van der Waals surface area (Å²) in [5.41, 5.74) is 0.809. The molecule has 4 nitrogen and oxygen atoms in total. The van der Waals surface area contributed by atoms with Crippen LogP contribution >= 0.6 is 0 Å². The van der Waals surface area contributed by atoms with Crippen LogP contribution in [0.2, 0.25) is 0 Å². The van der Waals surface area contributed by atoms with Crippen LogP contribution in [0.3, 0.4) is 0 Å². The molecule has 0 unspecified atom stereocenters. The van der Waals surface area contributed by atoms with Crippen molar-refractivity contribution in [1.82, 2.24) is 0 Å². The lowest BCUT2D eigenvalue weighted by molar-refractivity contribution is -0.157. The Kier molecular flexibility index (Phi) is 3.80. The maximum atomic E-state index is 11.4. The van der Waals surface area contributed by atoms with Crippen molar-refractivity contribution in [2.45, 2.75) is 13.3 Å². The molecule has 19 heavy (non-hydrogen) atoms. The second-order valence-corrected chi connectivity index (χ2v) is 4.19. The van der Waals surface area contributed by atoms with E-state index in [0.29, 0.717) is 0 Å². The molecule has 0 heterocycles. The van der Waals surface area contributed by atoms with E-state index < -0.39 is 11.9 Å². The summed E-state index contributed by atoms with van der Waals surface area (Å²) >= 11 is 0. The van der Waals surface area contributed by atoms with Crippen LogP contribution in [0, 0.1) is 0 Å². The number of hydrogen-bond acceptors (Lipinski definition) is 4. The number of benzene rings is 2. The molecule has 0 atom stereocenters. The number of rotatable bonds is 3. The minimum atomic E-state index is -0.587. The van der Waals surface area contributed by atoms with Crippen molar-refractivity contribution in [2.75, 3.05) is 7.11 Å². The summed E-state index contributed by atoms with van der Waals surface area (Å²) in [5, 5.41) is 2.04. The summed E-state index contributed by atoms with van der Waals surface area (Å²) in [6, 6.07) is 11.4. The van der Waals surface area contributed by atoms with Gasteiger partial charge in [0.2, 0.25) is 0 Å². The third kappa shape index (κ3) is 3.31. The van der Waals surface area contributed by atoms with Gasteiger partial charge in [0.1, 0.15) is 5.75 Å². The van der Waals surface area contributed by atoms with Gasteiger partial charge >= 0.3 is 11.9 Å². The number of fused-ring (bicyclic) bond motifs is 1. The molecular weight excluding hydrogens is 244 g/mol. The van der Waals surface area contributed by atoms with Crippen LogP contribution in [0.5, 0.6) is 5.75 Å². The molecule has 0 aromatic heterocycles. The van der Waals surface area contributed by atoms with Crippen molar-refractivity contribution in [3.63, 3.8) is 0 Å². The molecule has 0 saturated carbocycles.